The van der Waals surface area contributed by atoms with Crippen LogP contribution in [0.1, 0.15) is 19.3 Å². The molecule has 114 valence electrons. The number of hydrogen-bond donors (Lipinski definition) is 2. The molecule has 20 heavy (non-hydrogen) atoms. The lowest BCUT2D eigenvalue weighted by Crippen LogP contribution is -2.49. The van der Waals surface area contributed by atoms with E-state index in [1.165, 1.54) is 8.61 Å². The maximum Gasteiger partial charge on any atom is 0.307 e. The van der Waals surface area contributed by atoms with Gasteiger partial charge in [-0.25, -0.2) is 0 Å². The molecule has 2 heterocycles. The number of carboxylic acids is 1. The van der Waals surface area contributed by atoms with Crippen LogP contribution in [0.4, 0.5) is 0 Å². The molecule has 0 aliphatic carbocycles. The Hall–Kier alpha value is -1.19. The second kappa shape index (κ2) is 6.06. The molecule has 0 spiro atoms. The van der Waals surface area contributed by atoms with Gasteiger partial charge in [-0.05, 0) is 12.8 Å². The lowest BCUT2D eigenvalue weighted by atomic mass is 10.0. The Bertz CT molecular complexity index is 492. The van der Waals surface area contributed by atoms with Gasteiger partial charge in [0.2, 0.25) is 5.91 Å². The Labute approximate surface area is 117 Å². The number of hydrogen-bond acceptors (Lipinski definition) is 4. The van der Waals surface area contributed by atoms with E-state index < -0.39 is 22.1 Å². The van der Waals surface area contributed by atoms with E-state index in [1.807, 2.05) is 0 Å². The normalized spacial score (nSPS) is 26.8. The molecule has 0 aromatic heterocycles. The van der Waals surface area contributed by atoms with Crippen LogP contribution in [0.15, 0.2) is 0 Å². The number of carboxylic acid groups (broad SMARTS) is 1. The first-order chi connectivity index (χ1) is 9.41. The zero-order chi connectivity index (χ0) is 14.8. The minimum atomic E-state index is -3.69. The standard InChI is InChI=1S/C11H19N3O5S/c15-10-3-6-13(7-4-12-10)20(18,19)14-5-1-2-9(8-14)11(16)17/h9H,1-8H2,(H,12,15)(H,16,17). The summed E-state index contributed by atoms with van der Waals surface area (Å²) >= 11 is 0. The van der Waals surface area contributed by atoms with Crippen molar-refractivity contribution in [1.29, 1.82) is 0 Å². The molecule has 2 aliphatic rings. The van der Waals surface area contributed by atoms with Gasteiger partial charge in [0, 0.05) is 39.1 Å². The van der Waals surface area contributed by atoms with Crippen LogP contribution in [0.5, 0.6) is 0 Å². The van der Waals surface area contributed by atoms with Crippen molar-refractivity contribution in [2.24, 2.45) is 5.92 Å². The van der Waals surface area contributed by atoms with Crippen molar-refractivity contribution >= 4 is 22.1 Å². The molecule has 2 N–H and O–H groups in total. The predicted octanol–water partition coefficient (Wildman–Crippen LogP) is -1.15. The highest BCUT2D eigenvalue weighted by molar-refractivity contribution is 7.86. The highest BCUT2D eigenvalue weighted by Crippen LogP contribution is 2.21. The average Bonchev–Trinajstić information content (AvgIpc) is 2.64. The largest absolute Gasteiger partial charge is 0.481 e. The van der Waals surface area contributed by atoms with Gasteiger partial charge in [-0.15, -0.1) is 0 Å². The molecule has 0 radical (unpaired) electrons. The molecule has 2 saturated heterocycles. The maximum atomic E-state index is 12.5. The van der Waals surface area contributed by atoms with E-state index in [0.29, 0.717) is 19.4 Å². The zero-order valence-corrected chi connectivity index (χ0v) is 11.9. The van der Waals surface area contributed by atoms with Gasteiger partial charge in [0.25, 0.3) is 10.2 Å². The topological polar surface area (TPSA) is 107 Å². The fourth-order valence-corrected chi connectivity index (χ4v) is 4.19. The molecule has 1 unspecified atom stereocenters. The van der Waals surface area contributed by atoms with E-state index in [0.717, 1.165) is 0 Å². The summed E-state index contributed by atoms with van der Waals surface area (Å²) in [5.74, 6) is -1.77. The molecular formula is C11H19N3O5S. The smallest absolute Gasteiger partial charge is 0.307 e. The SMILES string of the molecule is O=C1CCN(S(=O)(=O)N2CCCC(C(=O)O)C2)CCN1. The quantitative estimate of drug-likeness (QED) is 0.684. The third-order valence-electron chi connectivity index (χ3n) is 3.66. The van der Waals surface area contributed by atoms with Crippen LogP contribution in [0.3, 0.4) is 0 Å². The Morgan fingerprint density at radius 1 is 1.25 bits per heavy atom. The summed E-state index contributed by atoms with van der Waals surface area (Å²) in [5.41, 5.74) is 0. The van der Waals surface area contributed by atoms with Crippen LogP contribution in [0.25, 0.3) is 0 Å². The summed E-state index contributed by atoms with van der Waals surface area (Å²) in [6.07, 6.45) is 1.18. The van der Waals surface area contributed by atoms with Crippen molar-refractivity contribution in [3.63, 3.8) is 0 Å². The first-order valence-electron chi connectivity index (χ1n) is 6.66. The molecule has 0 saturated carbocycles. The number of nitrogens with zero attached hydrogens (tertiary/aromatic N) is 2. The summed E-state index contributed by atoms with van der Waals surface area (Å²) in [6.45, 7) is 0.999. The average molecular weight is 305 g/mol. The van der Waals surface area contributed by atoms with E-state index in [2.05, 4.69) is 5.32 Å². The molecule has 0 aromatic carbocycles. The monoisotopic (exact) mass is 305 g/mol. The number of aliphatic carboxylic acids is 1. The Morgan fingerprint density at radius 2 is 2.00 bits per heavy atom. The number of amides is 1. The van der Waals surface area contributed by atoms with Crippen LogP contribution in [0.2, 0.25) is 0 Å². The van der Waals surface area contributed by atoms with Crippen LogP contribution in [-0.4, -0.2) is 66.7 Å². The molecular weight excluding hydrogens is 286 g/mol. The fourth-order valence-electron chi connectivity index (χ4n) is 2.49. The molecule has 9 heteroatoms. The van der Waals surface area contributed by atoms with E-state index in [-0.39, 0.29) is 38.5 Å². The Balaban J connectivity index is 2.08. The molecule has 2 aliphatic heterocycles. The third kappa shape index (κ3) is 3.28. The molecule has 1 atom stereocenters. The fraction of sp³-hybridized carbons (Fsp3) is 0.818. The van der Waals surface area contributed by atoms with E-state index in [1.54, 1.807) is 0 Å². The number of rotatable bonds is 3. The van der Waals surface area contributed by atoms with Gasteiger partial charge in [-0.3, -0.25) is 9.59 Å². The van der Waals surface area contributed by atoms with Crippen LogP contribution < -0.4 is 5.32 Å². The van der Waals surface area contributed by atoms with Gasteiger partial charge in [0.15, 0.2) is 0 Å². The Kier molecular flexibility index (Phi) is 4.61. The minimum absolute atomic E-state index is 0.00947. The van der Waals surface area contributed by atoms with Crippen molar-refractivity contribution in [3.05, 3.63) is 0 Å². The molecule has 2 fully saturated rings. The summed E-state index contributed by atoms with van der Waals surface area (Å²) in [5, 5.41) is 11.6. The number of carbonyl (C=O) groups excluding carboxylic acids is 1. The van der Waals surface area contributed by atoms with Gasteiger partial charge in [-0.2, -0.15) is 17.0 Å². The van der Waals surface area contributed by atoms with Crippen molar-refractivity contribution in [2.45, 2.75) is 19.3 Å². The first kappa shape index (κ1) is 15.2. The van der Waals surface area contributed by atoms with E-state index in [4.69, 9.17) is 5.11 Å². The second-order valence-corrected chi connectivity index (χ2v) is 6.97. The van der Waals surface area contributed by atoms with Crippen molar-refractivity contribution < 1.29 is 23.1 Å². The van der Waals surface area contributed by atoms with Crippen molar-refractivity contribution in [2.75, 3.05) is 32.7 Å². The highest BCUT2D eigenvalue weighted by Gasteiger charge is 2.36. The molecule has 2 rings (SSSR count). The van der Waals surface area contributed by atoms with Crippen molar-refractivity contribution in [1.82, 2.24) is 13.9 Å². The summed E-state index contributed by atoms with van der Waals surface area (Å²) < 4.78 is 27.5. The number of carbonyl (C=O) groups is 2. The van der Waals surface area contributed by atoms with Gasteiger partial charge < -0.3 is 10.4 Å². The summed E-state index contributed by atoms with van der Waals surface area (Å²) in [6, 6.07) is 0. The molecule has 8 nitrogen and oxygen atoms in total. The van der Waals surface area contributed by atoms with Crippen molar-refractivity contribution in [3.8, 4) is 0 Å². The highest BCUT2D eigenvalue weighted by atomic mass is 32.2. The third-order valence-corrected chi connectivity index (χ3v) is 5.66. The Morgan fingerprint density at radius 3 is 2.70 bits per heavy atom. The second-order valence-electron chi connectivity index (χ2n) is 5.04. The van der Waals surface area contributed by atoms with Crippen LogP contribution in [-0.2, 0) is 19.8 Å². The molecule has 1 amide bonds. The predicted molar refractivity (Wildman–Crippen MR) is 70.1 cm³/mol. The van der Waals surface area contributed by atoms with Crippen LogP contribution in [0, 0.1) is 5.92 Å². The van der Waals surface area contributed by atoms with Gasteiger partial charge in [-0.1, -0.05) is 0 Å². The zero-order valence-electron chi connectivity index (χ0n) is 11.1. The van der Waals surface area contributed by atoms with E-state index >= 15 is 0 Å². The summed E-state index contributed by atoms with van der Waals surface area (Å²) in [7, 11) is -3.69. The van der Waals surface area contributed by atoms with Gasteiger partial charge >= 0.3 is 5.97 Å². The van der Waals surface area contributed by atoms with Crippen LogP contribution >= 0.6 is 0 Å². The molecule has 0 aromatic rings. The summed E-state index contributed by atoms with van der Waals surface area (Å²) in [4.78, 5) is 22.3. The first-order valence-corrected chi connectivity index (χ1v) is 8.05. The number of nitrogens with one attached hydrogen (secondary N) is 1. The molecule has 0 bridgehead atoms. The minimum Gasteiger partial charge on any atom is -0.481 e. The lowest BCUT2D eigenvalue weighted by Gasteiger charge is -2.33. The van der Waals surface area contributed by atoms with Gasteiger partial charge in [0.1, 0.15) is 0 Å². The lowest BCUT2D eigenvalue weighted by molar-refractivity contribution is -0.142. The van der Waals surface area contributed by atoms with E-state index in [9.17, 15) is 18.0 Å². The number of piperidine rings is 1. The van der Waals surface area contributed by atoms with Gasteiger partial charge in [0.05, 0.1) is 5.92 Å². The maximum absolute atomic E-state index is 12.5.